The third-order valence-corrected chi connectivity index (χ3v) is 3.97. The zero-order valence-electron chi connectivity index (χ0n) is 10.2. The van der Waals surface area contributed by atoms with Crippen molar-refractivity contribution in [3.05, 3.63) is 38.8 Å². The van der Waals surface area contributed by atoms with E-state index in [1.165, 1.54) is 0 Å². The van der Waals surface area contributed by atoms with Gasteiger partial charge in [-0.3, -0.25) is 9.67 Å². The molecule has 0 aliphatic carbocycles. The minimum absolute atomic E-state index is 0.466. The lowest BCUT2D eigenvalue weighted by Gasteiger charge is -2.08. The van der Waals surface area contributed by atoms with Crippen LogP contribution in [-0.4, -0.2) is 14.8 Å². The van der Waals surface area contributed by atoms with Crippen LogP contribution in [0.2, 0.25) is 0 Å². The van der Waals surface area contributed by atoms with E-state index in [0.717, 1.165) is 32.6 Å². The van der Waals surface area contributed by atoms with Crippen molar-refractivity contribution in [1.29, 1.82) is 0 Å². The van der Waals surface area contributed by atoms with E-state index in [1.807, 2.05) is 17.7 Å². The van der Waals surface area contributed by atoms with E-state index in [-0.39, 0.29) is 0 Å². The molecule has 0 fully saturated rings. The van der Waals surface area contributed by atoms with Crippen LogP contribution < -0.4 is 4.74 Å². The summed E-state index contributed by atoms with van der Waals surface area (Å²) in [5.41, 5.74) is 2.01. The molecule has 0 amide bonds. The zero-order chi connectivity index (χ0) is 13.1. The largest absolute Gasteiger partial charge is 0.486 e. The molecule has 0 radical (unpaired) electrons. The molecule has 0 bridgehead atoms. The monoisotopic (exact) mass is 373 g/mol. The Morgan fingerprint density at radius 3 is 2.78 bits per heavy atom. The average Bonchev–Trinajstić information content (AvgIpc) is 2.63. The quantitative estimate of drug-likeness (QED) is 0.818. The second-order valence-electron chi connectivity index (χ2n) is 3.79. The second-order valence-corrected chi connectivity index (χ2v) is 5.50. The maximum Gasteiger partial charge on any atom is 0.139 e. The fourth-order valence-electron chi connectivity index (χ4n) is 1.63. The molecule has 0 aliphatic heterocycles. The van der Waals surface area contributed by atoms with Crippen LogP contribution in [0.25, 0.3) is 0 Å². The third kappa shape index (κ3) is 2.92. The molecule has 2 heterocycles. The van der Waals surface area contributed by atoms with Crippen molar-refractivity contribution >= 4 is 31.9 Å². The van der Waals surface area contributed by atoms with Gasteiger partial charge in [-0.15, -0.1) is 0 Å². The van der Waals surface area contributed by atoms with Gasteiger partial charge in [-0.25, -0.2) is 0 Å². The molecule has 2 rings (SSSR count). The molecule has 0 N–H and O–H groups in total. The number of pyridine rings is 1. The second kappa shape index (κ2) is 5.84. The molecule has 0 unspecified atom stereocenters. The number of rotatable bonds is 4. The summed E-state index contributed by atoms with van der Waals surface area (Å²) in [5.74, 6) is 0.734. The van der Waals surface area contributed by atoms with Gasteiger partial charge >= 0.3 is 0 Å². The van der Waals surface area contributed by atoms with Crippen LogP contribution >= 0.6 is 31.9 Å². The van der Waals surface area contributed by atoms with Crippen LogP contribution in [0.5, 0.6) is 5.75 Å². The minimum Gasteiger partial charge on any atom is -0.486 e. The smallest absolute Gasteiger partial charge is 0.139 e. The summed E-state index contributed by atoms with van der Waals surface area (Å²) in [6.45, 7) is 5.32. The lowest BCUT2D eigenvalue weighted by Crippen LogP contribution is -2.06. The highest BCUT2D eigenvalue weighted by atomic mass is 79.9. The highest BCUT2D eigenvalue weighted by Gasteiger charge is 2.12. The molecule has 0 saturated carbocycles. The van der Waals surface area contributed by atoms with Gasteiger partial charge < -0.3 is 4.74 Å². The van der Waals surface area contributed by atoms with Crippen LogP contribution in [0.4, 0.5) is 0 Å². The van der Waals surface area contributed by atoms with Gasteiger partial charge in [0.05, 0.1) is 22.1 Å². The normalized spacial score (nSPS) is 10.7. The Labute approximate surface area is 123 Å². The maximum absolute atomic E-state index is 5.73. The van der Waals surface area contributed by atoms with Gasteiger partial charge in [0.15, 0.2) is 0 Å². The maximum atomic E-state index is 5.73. The van der Waals surface area contributed by atoms with Gasteiger partial charge in [0.2, 0.25) is 0 Å². The fourth-order valence-corrected chi connectivity index (χ4v) is 2.37. The molecule has 6 heteroatoms. The fraction of sp³-hybridized carbons (Fsp3) is 0.333. The van der Waals surface area contributed by atoms with Gasteiger partial charge in [-0.05, 0) is 51.8 Å². The third-order valence-electron chi connectivity index (χ3n) is 2.51. The number of aromatic nitrogens is 3. The molecule has 0 aromatic carbocycles. The summed E-state index contributed by atoms with van der Waals surface area (Å²) >= 11 is 6.91. The van der Waals surface area contributed by atoms with E-state index in [4.69, 9.17) is 4.74 Å². The van der Waals surface area contributed by atoms with Crippen molar-refractivity contribution < 1.29 is 4.74 Å². The van der Waals surface area contributed by atoms with Gasteiger partial charge in [-0.1, -0.05) is 0 Å². The highest BCUT2D eigenvalue weighted by molar-refractivity contribution is 9.10. The summed E-state index contributed by atoms with van der Waals surface area (Å²) in [5, 5.41) is 4.42. The first-order chi connectivity index (χ1) is 8.61. The standard InChI is InChI=1S/C12H13Br2N3O/c1-3-17-11(12(14)8(2)16-17)7-18-10-4-9(13)5-15-6-10/h4-6H,3,7H2,1-2H3. The predicted octanol–water partition coefficient (Wildman–Crippen LogP) is 3.71. The zero-order valence-corrected chi connectivity index (χ0v) is 13.3. The highest BCUT2D eigenvalue weighted by Crippen LogP contribution is 2.23. The molecular weight excluding hydrogens is 362 g/mol. The Kier molecular flexibility index (Phi) is 4.40. The topological polar surface area (TPSA) is 39.9 Å². The van der Waals surface area contributed by atoms with Gasteiger partial charge in [0.25, 0.3) is 0 Å². The van der Waals surface area contributed by atoms with Crippen molar-refractivity contribution in [2.24, 2.45) is 0 Å². The predicted molar refractivity (Wildman–Crippen MR) is 76.6 cm³/mol. The van der Waals surface area contributed by atoms with Crippen LogP contribution in [0.3, 0.4) is 0 Å². The summed E-state index contributed by atoms with van der Waals surface area (Å²) < 4.78 is 9.57. The van der Waals surface area contributed by atoms with Crippen LogP contribution in [0.1, 0.15) is 18.3 Å². The number of halogens is 2. The first-order valence-electron chi connectivity index (χ1n) is 5.57. The molecule has 0 aliphatic rings. The number of hydrogen-bond acceptors (Lipinski definition) is 3. The molecule has 0 spiro atoms. The molecule has 2 aromatic heterocycles. The summed E-state index contributed by atoms with van der Waals surface area (Å²) in [6.07, 6.45) is 3.42. The van der Waals surface area contributed by atoms with Crippen molar-refractivity contribution in [2.75, 3.05) is 0 Å². The van der Waals surface area contributed by atoms with Gasteiger partial charge in [0.1, 0.15) is 12.4 Å². The van der Waals surface area contributed by atoms with Crippen molar-refractivity contribution in [3.8, 4) is 5.75 Å². The van der Waals surface area contributed by atoms with Crippen molar-refractivity contribution in [1.82, 2.24) is 14.8 Å². The van der Waals surface area contributed by atoms with Crippen LogP contribution in [0.15, 0.2) is 27.4 Å². The lowest BCUT2D eigenvalue weighted by molar-refractivity contribution is 0.290. The molecule has 18 heavy (non-hydrogen) atoms. The first kappa shape index (κ1) is 13.5. The van der Waals surface area contributed by atoms with E-state index >= 15 is 0 Å². The molecule has 0 saturated heterocycles. The molecular formula is C12H13Br2N3O. The number of nitrogens with zero attached hydrogens (tertiary/aromatic N) is 3. The van der Waals surface area contributed by atoms with Gasteiger partial charge in [-0.2, -0.15) is 5.10 Å². The number of hydrogen-bond donors (Lipinski definition) is 0. The van der Waals surface area contributed by atoms with Crippen molar-refractivity contribution in [2.45, 2.75) is 27.0 Å². The first-order valence-corrected chi connectivity index (χ1v) is 7.15. The Morgan fingerprint density at radius 2 is 2.11 bits per heavy atom. The Hall–Kier alpha value is -0.880. The van der Waals surface area contributed by atoms with Gasteiger partial charge in [0, 0.05) is 17.2 Å². The Balaban J connectivity index is 2.15. The molecule has 0 atom stereocenters. The Morgan fingerprint density at radius 1 is 1.33 bits per heavy atom. The van der Waals surface area contributed by atoms with E-state index in [0.29, 0.717) is 6.61 Å². The summed E-state index contributed by atoms with van der Waals surface area (Å²) in [7, 11) is 0. The van der Waals surface area contributed by atoms with E-state index in [2.05, 4.69) is 48.9 Å². The van der Waals surface area contributed by atoms with E-state index < -0.39 is 0 Å². The number of ether oxygens (including phenoxy) is 1. The van der Waals surface area contributed by atoms with E-state index in [9.17, 15) is 0 Å². The summed E-state index contributed by atoms with van der Waals surface area (Å²) in [4.78, 5) is 4.06. The number of aryl methyl sites for hydroxylation is 2. The minimum atomic E-state index is 0.466. The van der Waals surface area contributed by atoms with Crippen molar-refractivity contribution in [3.63, 3.8) is 0 Å². The van der Waals surface area contributed by atoms with Crippen LogP contribution in [0, 0.1) is 6.92 Å². The molecule has 4 nitrogen and oxygen atoms in total. The molecule has 96 valence electrons. The lowest BCUT2D eigenvalue weighted by atomic mass is 10.4. The summed E-state index contributed by atoms with van der Waals surface area (Å²) in [6, 6.07) is 1.89. The Bertz CT molecular complexity index is 554. The average molecular weight is 375 g/mol. The van der Waals surface area contributed by atoms with Crippen LogP contribution in [-0.2, 0) is 13.2 Å². The SMILES string of the molecule is CCn1nc(C)c(Br)c1COc1cncc(Br)c1. The van der Waals surface area contributed by atoms with E-state index in [1.54, 1.807) is 12.4 Å². The molecule has 2 aromatic rings.